The molecule has 1 aliphatic carbocycles. The third-order valence-corrected chi connectivity index (χ3v) is 5.65. The molecule has 102 valence electrons. The summed E-state index contributed by atoms with van der Waals surface area (Å²) in [5.74, 6) is -0.0147. The van der Waals surface area contributed by atoms with Crippen LogP contribution in [0.1, 0.15) is 17.0 Å². The summed E-state index contributed by atoms with van der Waals surface area (Å²) >= 11 is 1.39. The van der Waals surface area contributed by atoms with E-state index in [0.29, 0.717) is 5.13 Å². The molecule has 0 saturated heterocycles. The third kappa shape index (κ3) is 2.08. The van der Waals surface area contributed by atoms with E-state index in [0.717, 1.165) is 29.8 Å². The highest BCUT2D eigenvalue weighted by Crippen LogP contribution is 2.31. The van der Waals surface area contributed by atoms with Gasteiger partial charge in [0.15, 0.2) is 16.0 Å². The van der Waals surface area contributed by atoms with E-state index in [1.807, 2.05) is 0 Å². The lowest BCUT2D eigenvalue weighted by atomic mass is 10.4. The summed E-state index contributed by atoms with van der Waals surface area (Å²) in [6.07, 6.45) is 4.35. The Bertz CT molecular complexity index is 690. The Morgan fingerprint density at radius 2 is 2.26 bits per heavy atom. The summed E-state index contributed by atoms with van der Waals surface area (Å²) in [4.78, 5) is 9.24. The molecule has 0 radical (unpaired) electrons. The first-order chi connectivity index (χ1) is 8.97. The lowest BCUT2D eigenvalue weighted by Gasteiger charge is -2.06. The number of thiazole rings is 1. The van der Waals surface area contributed by atoms with Crippen LogP contribution in [0.25, 0.3) is 0 Å². The number of nitrogens with zero attached hydrogens (tertiary/aromatic N) is 3. The average Bonchev–Trinajstić information content (AvgIpc) is 2.93. The molecule has 0 unspecified atom stereocenters. The SMILES string of the molecule is Cn1cnc(N)c1S(=O)(=O)Nc1nc2c(s1)CCC2. The highest BCUT2D eigenvalue weighted by Gasteiger charge is 2.25. The van der Waals surface area contributed by atoms with Crippen LogP contribution in [0, 0.1) is 0 Å². The lowest BCUT2D eigenvalue weighted by Crippen LogP contribution is -2.17. The maximum atomic E-state index is 12.2. The number of sulfonamides is 1. The van der Waals surface area contributed by atoms with Gasteiger partial charge in [-0.2, -0.15) is 8.42 Å². The van der Waals surface area contributed by atoms with E-state index >= 15 is 0 Å². The zero-order chi connectivity index (χ0) is 13.6. The van der Waals surface area contributed by atoms with E-state index in [1.54, 1.807) is 7.05 Å². The molecule has 19 heavy (non-hydrogen) atoms. The first-order valence-electron chi connectivity index (χ1n) is 5.75. The first-order valence-corrected chi connectivity index (χ1v) is 8.05. The summed E-state index contributed by atoms with van der Waals surface area (Å²) in [5, 5.41) is 0.355. The summed E-state index contributed by atoms with van der Waals surface area (Å²) in [6, 6.07) is 0. The highest BCUT2D eigenvalue weighted by atomic mass is 32.2. The molecule has 7 nitrogen and oxygen atoms in total. The topological polar surface area (TPSA) is 103 Å². The third-order valence-electron chi connectivity index (χ3n) is 2.98. The van der Waals surface area contributed by atoms with Gasteiger partial charge in [0.25, 0.3) is 10.0 Å². The number of nitrogen functional groups attached to an aromatic ring is 1. The van der Waals surface area contributed by atoms with Crippen molar-refractivity contribution in [1.29, 1.82) is 0 Å². The molecule has 0 amide bonds. The molecule has 0 saturated carbocycles. The van der Waals surface area contributed by atoms with Crippen molar-refractivity contribution in [1.82, 2.24) is 14.5 Å². The number of rotatable bonds is 3. The van der Waals surface area contributed by atoms with Crippen molar-refractivity contribution < 1.29 is 8.42 Å². The standard InChI is InChI=1S/C10H13N5O2S2/c1-15-5-12-8(11)9(15)19(16,17)14-10-13-6-3-2-4-7(6)18-10/h5H,2-4,11H2,1H3,(H,13,14). The summed E-state index contributed by atoms with van der Waals surface area (Å²) in [5.41, 5.74) is 6.59. The van der Waals surface area contributed by atoms with Gasteiger partial charge in [-0.3, -0.25) is 4.72 Å². The van der Waals surface area contributed by atoms with Crippen LogP contribution in [0.15, 0.2) is 11.4 Å². The van der Waals surface area contributed by atoms with Gasteiger partial charge < -0.3 is 10.3 Å². The molecule has 0 aromatic carbocycles. The molecule has 2 heterocycles. The fourth-order valence-corrected chi connectivity index (χ4v) is 4.69. The zero-order valence-corrected chi connectivity index (χ0v) is 11.9. The molecule has 0 atom stereocenters. The van der Waals surface area contributed by atoms with Crippen LogP contribution in [0.4, 0.5) is 10.9 Å². The van der Waals surface area contributed by atoms with E-state index in [2.05, 4.69) is 14.7 Å². The number of nitrogens with one attached hydrogen (secondary N) is 1. The normalized spacial score (nSPS) is 14.6. The second-order valence-corrected chi connectivity index (χ2v) is 7.08. The number of nitrogens with two attached hydrogens (primary N) is 1. The molecule has 1 aliphatic rings. The number of fused-ring (bicyclic) bond motifs is 1. The lowest BCUT2D eigenvalue weighted by molar-refractivity contribution is 0.592. The van der Waals surface area contributed by atoms with Crippen molar-refractivity contribution in [3.05, 3.63) is 16.9 Å². The smallest absolute Gasteiger partial charge is 0.283 e. The second-order valence-electron chi connectivity index (χ2n) is 4.39. The highest BCUT2D eigenvalue weighted by molar-refractivity contribution is 7.93. The van der Waals surface area contributed by atoms with E-state index in [-0.39, 0.29) is 10.8 Å². The number of hydrogen-bond donors (Lipinski definition) is 2. The number of anilines is 2. The molecule has 0 fully saturated rings. The van der Waals surface area contributed by atoms with Crippen molar-refractivity contribution in [3.8, 4) is 0 Å². The van der Waals surface area contributed by atoms with E-state index in [1.165, 1.54) is 22.2 Å². The van der Waals surface area contributed by atoms with Crippen molar-refractivity contribution in [2.45, 2.75) is 24.3 Å². The number of aryl methyl sites for hydroxylation is 3. The van der Waals surface area contributed by atoms with Crippen molar-refractivity contribution in [2.24, 2.45) is 7.05 Å². The van der Waals surface area contributed by atoms with Gasteiger partial charge in [0.1, 0.15) is 0 Å². The Balaban J connectivity index is 1.93. The van der Waals surface area contributed by atoms with E-state index < -0.39 is 10.0 Å². The molecule has 9 heteroatoms. The molecule has 3 rings (SSSR count). The largest absolute Gasteiger partial charge is 0.381 e. The van der Waals surface area contributed by atoms with Gasteiger partial charge in [-0.25, -0.2) is 9.97 Å². The van der Waals surface area contributed by atoms with Crippen LogP contribution in [-0.2, 0) is 29.9 Å². The van der Waals surface area contributed by atoms with Gasteiger partial charge in [-0.05, 0) is 19.3 Å². The average molecular weight is 299 g/mol. The Kier molecular flexibility index (Phi) is 2.75. The van der Waals surface area contributed by atoms with Crippen LogP contribution in [0.2, 0.25) is 0 Å². The van der Waals surface area contributed by atoms with E-state index in [4.69, 9.17) is 5.73 Å². The van der Waals surface area contributed by atoms with Gasteiger partial charge in [0.2, 0.25) is 0 Å². The minimum absolute atomic E-state index is 0.0147. The van der Waals surface area contributed by atoms with Crippen LogP contribution < -0.4 is 10.5 Å². The minimum Gasteiger partial charge on any atom is -0.381 e. The predicted molar refractivity (Wildman–Crippen MR) is 72.6 cm³/mol. The Morgan fingerprint density at radius 1 is 1.47 bits per heavy atom. The fourth-order valence-electron chi connectivity index (χ4n) is 2.16. The molecule has 2 aromatic rings. The Hall–Kier alpha value is -1.61. The second kappa shape index (κ2) is 4.20. The Labute approximate surface area is 114 Å². The first kappa shape index (κ1) is 12.4. The summed E-state index contributed by atoms with van der Waals surface area (Å²) in [7, 11) is -2.16. The maximum absolute atomic E-state index is 12.2. The van der Waals surface area contributed by atoms with Crippen LogP contribution in [-0.4, -0.2) is 23.0 Å². The Morgan fingerprint density at radius 3 is 2.89 bits per heavy atom. The van der Waals surface area contributed by atoms with Gasteiger partial charge in [0.05, 0.1) is 12.0 Å². The molecule has 2 aromatic heterocycles. The van der Waals surface area contributed by atoms with Crippen molar-refractivity contribution in [2.75, 3.05) is 10.5 Å². The van der Waals surface area contributed by atoms with Crippen LogP contribution in [0.5, 0.6) is 0 Å². The van der Waals surface area contributed by atoms with Gasteiger partial charge in [0, 0.05) is 11.9 Å². The number of hydrogen-bond acceptors (Lipinski definition) is 6. The van der Waals surface area contributed by atoms with Crippen LogP contribution >= 0.6 is 11.3 Å². The quantitative estimate of drug-likeness (QED) is 0.870. The molecular formula is C10H13N5O2S2. The van der Waals surface area contributed by atoms with E-state index in [9.17, 15) is 8.42 Å². The van der Waals surface area contributed by atoms with Crippen molar-refractivity contribution >= 4 is 32.3 Å². The molecular weight excluding hydrogens is 286 g/mol. The number of aromatic nitrogens is 3. The maximum Gasteiger partial charge on any atom is 0.283 e. The fraction of sp³-hybridized carbons (Fsp3) is 0.400. The molecule has 3 N–H and O–H groups in total. The van der Waals surface area contributed by atoms with Crippen LogP contribution in [0.3, 0.4) is 0 Å². The molecule has 0 bridgehead atoms. The summed E-state index contributed by atoms with van der Waals surface area (Å²) in [6.45, 7) is 0. The summed E-state index contributed by atoms with van der Waals surface area (Å²) < 4.78 is 28.3. The predicted octanol–water partition coefficient (Wildman–Crippen LogP) is 0.748. The van der Waals surface area contributed by atoms with Gasteiger partial charge in [-0.15, -0.1) is 11.3 Å². The molecule has 0 aliphatic heterocycles. The van der Waals surface area contributed by atoms with Crippen molar-refractivity contribution in [3.63, 3.8) is 0 Å². The minimum atomic E-state index is -3.75. The van der Waals surface area contributed by atoms with Gasteiger partial charge in [-0.1, -0.05) is 0 Å². The molecule has 0 spiro atoms. The van der Waals surface area contributed by atoms with Gasteiger partial charge >= 0.3 is 0 Å². The zero-order valence-electron chi connectivity index (χ0n) is 10.3. The number of imidazole rings is 1. The monoisotopic (exact) mass is 299 g/mol.